The molecule has 2 fully saturated rings. The lowest BCUT2D eigenvalue weighted by molar-refractivity contribution is -0.134. The molecule has 4 rings (SSSR count). The Hall–Kier alpha value is -1.98. The number of hydrogen-bond acceptors (Lipinski definition) is 5. The van der Waals surface area contributed by atoms with Gasteiger partial charge in [-0.05, 0) is 43.0 Å². The Labute approximate surface area is 163 Å². The number of carbonyl (C=O) groups is 1. The number of likely N-dealkylation sites (tertiary alicyclic amines) is 1. The molecule has 0 radical (unpaired) electrons. The Balaban J connectivity index is 1.43. The minimum atomic E-state index is -4.47. The lowest BCUT2D eigenvalue weighted by Gasteiger charge is -2.31. The molecular weight excluding hydrogens is 415 g/mol. The molecular formula is C17H16F3N3O3S2. The highest BCUT2D eigenvalue weighted by molar-refractivity contribution is 7.89. The summed E-state index contributed by atoms with van der Waals surface area (Å²) in [7, 11) is -3.71. The summed E-state index contributed by atoms with van der Waals surface area (Å²) in [6, 6.07) is 4.60. The maximum atomic E-state index is 12.8. The van der Waals surface area contributed by atoms with E-state index in [1.165, 1.54) is 30.6 Å². The summed E-state index contributed by atoms with van der Waals surface area (Å²) in [6.45, 7) is 0.322. The van der Waals surface area contributed by atoms with Crippen LogP contribution in [-0.2, 0) is 16.2 Å². The van der Waals surface area contributed by atoms with Gasteiger partial charge >= 0.3 is 6.18 Å². The third-order valence-electron chi connectivity index (χ3n) is 5.15. The molecule has 1 amide bonds. The number of thiophene rings is 1. The Morgan fingerprint density at radius 2 is 2.04 bits per heavy atom. The number of sulfonamides is 1. The summed E-state index contributed by atoms with van der Waals surface area (Å²) in [5.41, 5.74) is 0. The topological polar surface area (TPSA) is 79.4 Å². The molecule has 2 aromatic heterocycles. The quantitative estimate of drug-likeness (QED) is 0.808. The van der Waals surface area contributed by atoms with Gasteiger partial charge < -0.3 is 4.90 Å². The summed E-state index contributed by atoms with van der Waals surface area (Å²) in [5, 5.41) is 0. The van der Waals surface area contributed by atoms with Crippen LogP contribution >= 0.6 is 11.3 Å². The molecule has 3 atom stereocenters. The van der Waals surface area contributed by atoms with Crippen LogP contribution in [0.15, 0.2) is 41.6 Å². The van der Waals surface area contributed by atoms with Crippen molar-refractivity contribution < 1.29 is 26.4 Å². The molecule has 28 heavy (non-hydrogen) atoms. The van der Waals surface area contributed by atoms with Gasteiger partial charge in [0.2, 0.25) is 10.0 Å². The van der Waals surface area contributed by atoms with Crippen molar-refractivity contribution in [3.63, 3.8) is 0 Å². The molecule has 3 heterocycles. The van der Waals surface area contributed by atoms with E-state index < -0.39 is 27.0 Å². The predicted octanol–water partition coefficient (Wildman–Crippen LogP) is 2.74. The number of fused-ring (bicyclic) bond motifs is 2. The van der Waals surface area contributed by atoms with Crippen LogP contribution in [0.3, 0.4) is 0 Å². The molecule has 1 saturated heterocycles. The Morgan fingerprint density at radius 1 is 1.25 bits per heavy atom. The van der Waals surface area contributed by atoms with E-state index >= 15 is 0 Å². The van der Waals surface area contributed by atoms with Crippen LogP contribution in [0, 0.1) is 5.92 Å². The first-order valence-electron chi connectivity index (χ1n) is 8.55. The van der Waals surface area contributed by atoms with E-state index in [4.69, 9.17) is 0 Å². The number of amides is 1. The van der Waals surface area contributed by atoms with Crippen molar-refractivity contribution in [1.29, 1.82) is 0 Å². The van der Waals surface area contributed by atoms with Crippen molar-refractivity contribution in [2.75, 3.05) is 6.54 Å². The number of aromatic nitrogens is 1. The fraction of sp³-hybridized carbons (Fsp3) is 0.412. The summed E-state index contributed by atoms with van der Waals surface area (Å²) >= 11 is 0.436. The second kappa shape index (κ2) is 6.82. The van der Waals surface area contributed by atoms with Gasteiger partial charge in [-0.3, -0.25) is 9.78 Å². The Bertz CT molecular complexity index is 992. The number of piperidine rings is 1. The zero-order valence-corrected chi connectivity index (χ0v) is 16.0. The van der Waals surface area contributed by atoms with Gasteiger partial charge in [-0.1, -0.05) is 0 Å². The van der Waals surface area contributed by atoms with E-state index in [0.717, 1.165) is 6.07 Å². The largest absolute Gasteiger partial charge is 0.425 e. The van der Waals surface area contributed by atoms with Crippen LogP contribution in [0.4, 0.5) is 13.2 Å². The van der Waals surface area contributed by atoms with Gasteiger partial charge in [0.15, 0.2) is 0 Å². The number of carbonyl (C=O) groups excluding carboxylic acids is 1. The highest BCUT2D eigenvalue weighted by atomic mass is 32.2. The van der Waals surface area contributed by atoms with Crippen LogP contribution in [0.5, 0.6) is 0 Å². The first kappa shape index (κ1) is 19.3. The van der Waals surface area contributed by atoms with E-state index in [0.29, 0.717) is 30.7 Å². The number of nitrogens with one attached hydrogen (secondary N) is 1. The number of pyridine rings is 1. The molecule has 1 N–H and O–H groups in total. The van der Waals surface area contributed by atoms with Gasteiger partial charge in [0.1, 0.15) is 9.77 Å². The molecule has 1 saturated carbocycles. The SMILES string of the molecule is O=C(c1ccc(C(F)(F)F)s1)N1C[C@@H]2C[C@H]1C[C@@H]2NS(=O)(=O)c1cccnc1. The van der Waals surface area contributed by atoms with Crippen LogP contribution in [0.1, 0.15) is 27.4 Å². The van der Waals surface area contributed by atoms with Gasteiger partial charge in [0, 0.05) is 31.0 Å². The normalized spacial score (nSPS) is 24.7. The van der Waals surface area contributed by atoms with Gasteiger partial charge in [-0.15, -0.1) is 11.3 Å². The van der Waals surface area contributed by atoms with Crippen molar-refractivity contribution >= 4 is 27.3 Å². The number of hydrogen-bond donors (Lipinski definition) is 1. The Kier molecular flexibility index (Phi) is 4.71. The maximum Gasteiger partial charge on any atom is 0.425 e. The molecule has 11 heteroatoms. The Morgan fingerprint density at radius 3 is 2.61 bits per heavy atom. The summed E-state index contributed by atoms with van der Waals surface area (Å²) in [5.74, 6) is -0.496. The fourth-order valence-electron chi connectivity index (χ4n) is 3.87. The van der Waals surface area contributed by atoms with Crippen molar-refractivity contribution in [3.8, 4) is 0 Å². The lowest BCUT2D eigenvalue weighted by Crippen LogP contribution is -2.47. The number of nitrogens with zero attached hydrogens (tertiary/aromatic N) is 2. The molecule has 2 aliphatic rings. The monoisotopic (exact) mass is 431 g/mol. The summed E-state index contributed by atoms with van der Waals surface area (Å²) < 4.78 is 65.9. The molecule has 2 aromatic rings. The number of halogens is 3. The van der Waals surface area contributed by atoms with Gasteiger partial charge in [-0.25, -0.2) is 13.1 Å². The van der Waals surface area contributed by atoms with Crippen LogP contribution in [-0.4, -0.2) is 42.8 Å². The molecule has 0 unspecified atom stereocenters. The number of alkyl halides is 3. The average molecular weight is 431 g/mol. The first-order chi connectivity index (χ1) is 13.1. The summed E-state index contributed by atoms with van der Waals surface area (Å²) in [4.78, 5) is 17.3. The van der Waals surface area contributed by atoms with Gasteiger partial charge in [0.25, 0.3) is 5.91 Å². The minimum Gasteiger partial charge on any atom is -0.335 e. The lowest BCUT2D eigenvalue weighted by atomic mass is 10.0. The van der Waals surface area contributed by atoms with E-state index in [9.17, 15) is 26.4 Å². The molecule has 1 aliphatic heterocycles. The van der Waals surface area contributed by atoms with E-state index in [1.54, 1.807) is 4.90 Å². The molecule has 0 aromatic carbocycles. The molecule has 2 bridgehead atoms. The zero-order chi connectivity index (χ0) is 20.1. The van der Waals surface area contributed by atoms with Crippen LogP contribution < -0.4 is 4.72 Å². The van der Waals surface area contributed by atoms with Crippen LogP contribution in [0.25, 0.3) is 0 Å². The van der Waals surface area contributed by atoms with Crippen molar-refractivity contribution in [1.82, 2.24) is 14.6 Å². The highest BCUT2D eigenvalue weighted by Gasteiger charge is 2.48. The fourth-order valence-corrected chi connectivity index (χ4v) is 5.98. The maximum absolute atomic E-state index is 12.8. The second-order valence-corrected chi connectivity index (χ2v) is 9.72. The zero-order valence-electron chi connectivity index (χ0n) is 14.4. The van der Waals surface area contributed by atoms with Gasteiger partial charge in [-0.2, -0.15) is 13.2 Å². The first-order valence-corrected chi connectivity index (χ1v) is 10.9. The standard InChI is InChI=1S/C17H16F3N3O3S2/c18-17(19,20)15-4-3-14(27-15)16(24)23-9-10-6-11(23)7-13(10)22-28(25,26)12-2-1-5-21-8-12/h1-5,8,10-11,13,22H,6-7,9H2/t10-,11-,13-/m0/s1. The second-order valence-electron chi connectivity index (χ2n) is 6.92. The average Bonchev–Trinajstić information content (AvgIpc) is 3.36. The molecule has 6 nitrogen and oxygen atoms in total. The van der Waals surface area contributed by atoms with E-state index in [1.807, 2.05) is 0 Å². The smallest absolute Gasteiger partial charge is 0.335 e. The molecule has 150 valence electrons. The van der Waals surface area contributed by atoms with Crippen molar-refractivity contribution in [2.24, 2.45) is 5.92 Å². The van der Waals surface area contributed by atoms with Crippen LogP contribution in [0.2, 0.25) is 0 Å². The highest BCUT2D eigenvalue weighted by Crippen LogP contribution is 2.41. The summed E-state index contributed by atoms with van der Waals surface area (Å²) in [6.07, 6.45) is -0.658. The van der Waals surface area contributed by atoms with E-state index in [-0.39, 0.29) is 27.8 Å². The van der Waals surface area contributed by atoms with Gasteiger partial charge in [0.05, 0.1) is 4.88 Å². The minimum absolute atomic E-state index is 0.0485. The third-order valence-corrected chi connectivity index (χ3v) is 7.74. The van der Waals surface area contributed by atoms with Crippen molar-refractivity contribution in [2.45, 2.75) is 36.0 Å². The van der Waals surface area contributed by atoms with Crippen molar-refractivity contribution in [3.05, 3.63) is 46.4 Å². The van der Waals surface area contributed by atoms with E-state index in [2.05, 4.69) is 9.71 Å². The molecule has 1 aliphatic carbocycles. The third kappa shape index (κ3) is 3.53. The predicted molar refractivity (Wildman–Crippen MR) is 95.2 cm³/mol. The molecule has 0 spiro atoms. The number of rotatable bonds is 4.